The molecule has 3 nitrogen and oxygen atoms in total. The summed E-state index contributed by atoms with van der Waals surface area (Å²) in [7, 11) is 0. The van der Waals surface area contributed by atoms with E-state index in [4.69, 9.17) is 10.8 Å². The average molecular weight is 206 g/mol. The van der Waals surface area contributed by atoms with Crippen LogP contribution >= 0.6 is 12.4 Å². The standard InChI is InChI=1S/C9H15NO2.ClH/c10-8-5-1-2-6(8)4-7(3-5)9(11)12;/h5-8H,1-4,10H2,(H,11,12);1H/t5-,6+,7?,8?;. The molecule has 0 amide bonds. The number of carboxylic acids is 1. The molecule has 0 aromatic heterocycles. The highest BCUT2D eigenvalue weighted by atomic mass is 35.5. The van der Waals surface area contributed by atoms with Gasteiger partial charge in [0.25, 0.3) is 0 Å². The fraction of sp³-hybridized carbons (Fsp3) is 0.889. The molecule has 13 heavy (non-hydrogen) atoms. The third kappa shape index (κ3) is 1.81. The van der Waals surface area contributed by atoms with E-state index < -0.39 is 5.97 Å². The van der Waals surface area contributed by atoms with Crippen molar-refractivity contribution < 1.29 is 9.90 Å². The molecule has 2 fully saturated rings. The maximum absolute atomic E-state index is 10.7. The van der Waals surface area contributed by atoms with Gasteiger partial charge in [-0.15, -0.1) is 12.4 Å². The Balaban J connectivity index is 0.000000845. The first-order valence-corrected chi connectivity index (χ1v) is 4.67. The van der Waals surface area contributed by atoms with Gasteiger partial charge in [-0.3, -0.25) is 4.79 Å². The second-order valence-corrected chi connectivity index (χ2v) is 4.18. The second-order valence-electron chi connectivity index (χ2n) is 4.18. The molecular formula is C9H16ClNO2. The molecule has 2 rings (SSSR count). The SMILES string of the molecule is Cl.NC1[C@@H]2CC[C@H]1CC(C(=O)O)C2. The fourth-order valence-corrected chi connectivity index (χ4v) is 2.78. The van der Waals surface area contributed by atoms with Crippen molar-refractivity contribution in [2.45, 2.75) is 31.7 Å². The van der Waals surface area contributed by atoms with E-state index in [-0.39, 0.29) is 18.3 Å². The lowest BCUT2D eigenvalue weighted by molar-refractivity contribution is -0.143. The van der Waals surface area contributed by atoms with E-state index in [1.54, 1.807) is 0 Å². The van der Waals surface area contributed by atoms with Crippen molar-refractivity contribution in [1.29, 1.82) is 0 Å². The molecule has 3 N–H and O–H groups in total. The van der Waals surface area contributed by atoms with E-state index in [2.05, 4.69) is 0 Å². The van der Waals surface area contributed by atoms with Crippen LogP contribution in [-0.2, 0) is 4.79 Å². The van der Waals surface area contributed by atoms with Gasteiger partial charge in [-0.2, -0.15) is 0 Å². The number of aliphatic carboxylic acids is 1. The minimum Gasteiger partial charge on any atom is -0.481 e. The van der Waals surface area contributed by atoms with E-state index in [0.717, 1.165) is 25.7 Å². The zero-order chi connectivity index (χ0) is 8.72. The van der Waals surface area contributed by atoms with Gasteiger partial charge in [-0.25, -0.2) is 0 Å². The largest absolute Gasteiger partial charge is 0.481 e. The molecule has 76 valence electrons. The molecule has 4 atom stereocenters. The Bertz CT molecular complexity index is 196. The number of fused-ring (bicyclic) bond motifs is 2. The number of carbonyl (C=O) groups is 1. The molecule has 2 aliphatic rings. The minimum atomic E-state index is -0.626. The molecule has 0 aliphatic heterocycles. The normalized spacial score (nSPS) is 42.5. The van der Waals surface area contributed by atoms with E-state index in [1.165, 1.54) is 0 Å². The number of halogens is 1. The van der Waals surface area contributed by atoms with Crippen molar-refractivity contribution >= 4 is 18.4 Å². The van der Waals surface area contributed by atoms with Gasteiger partial charge in [0.1, 0.15) is 0 Å². The number of nitrogens with two attached hydrogens (primary N) is 1. The molecule has 2 saturated carbocycles. The first-order chi connectivity index (χ1) is 5.68. The molecule has 0 saturated heterocycles. The zero-order valence-electron chi connectivity index (χ0n) is 7.48. The first kappa shape index (κ1) is 10.8. The maximum atomic E-state index is 10.7. The van der Waals surface area contributed by atoms with Gasteiger partial charge in [0, 0.05) is 6.04 Å². The topological polar surface area (TPSA) is 63.3 Å². The molecule has 0 aromatic carbocycles. The van der Waals surface area contributed by atoms with Crippen LogP contribution < -0.4 is 5.73 Å². The molecule has 2 unspecified atom stereocenters. The van der Waals surface area contributed by atoms with Crippen molar-refractivity contribution in [3.05, 3.63) is 0 Å². The van der Waals surface area contributed by atoms with Crippen molar-refractivity contribution in [2.75, 3.05) is 0 Å². The van der Waals surface area contributed by atoms with E-state index in [1.807, 2.05) is 0 Å². The van der Waals surface area contributed by atoms with Crippen LogP contribution in [0.2, 0.25) is 0 Å². The lowest BCUT2D eigenvalue weighted by Gasteiger charge is -2.30. The Kier molecular flexibility index (Phi) is 3.19. The van der Waals surface area contributed by atoms with Crippen molar-refractivity contribution in [3.8, 4) is 0 Å². The summed E-state index contributed by atoms with van der Waals surface area (Å²) >= 11 is 0. The van der Waals surface area contributed by atoms with Gasteiger partial charge in [0.2, 0.25) is 0 Å². The molecule has 0 spiro atoms. The molecular weight excluding hydrogens is 190 g/mol. The lowest BCUT2D eigenvalue weighted by atomic mass is 9.78. The maximum Gasteiger partial charge on any atom is 0.306 e. The number of carboxylic acid groups (broad SMARTS) is 1. The van der Waals surface area contributed by atoms with E-state index >= 15 is 0 Å². The van der Waals surface area contributed by atoms with Gasteiger partial charge in [-0.05, 0) is 37.5 Å². The Hall–Kier alpha value is -0.280. The summed E-state index contributed by atoms with van der Waals surface area (Å²) in [5.74, 6) is 0.246. The molecule has 0 radical (unpaired) electrons. The van der Waals surface area contributed by atoms with Crippen LogP contribution in [0.25, 0.3) is 0 Å². The molecule has 0 aromatic rings. The minimum absolute atomic E-state index is 0. The second kappa shape index (κ2) is 3.84. The summed E-state index contributed by atoms with van der Waals surface area (Å²) < 4.78 is 0. The van der Waals surface area contributed by atoms with Crippen LogP contribution in [0.4, 0.5) is 0 Å². The van der Waals surface area contributed by atoms with Crippen molar-refractivity contribution in [2.24, 2.45) is 23.5 Å². The Morgan fingerprint density at radius 2 is 1.69 bits per heavy atom. The first-order valence-electron chi connectivity index (χ1n) is 4.67. The quantitative estimate of drug-likeness (QED) is 0.678. The highest BCUT2D eigenvalue weighted by Gasteiger charge is 2.42. The number of hydrogen-bond acceptors (Lipinski definition) is 2. The summed E-state index contributed by atoms with van der Waals surface area (Å²) in [4.78, 5) is 10.7. The van der Waals surface area contributed by atoms with Crippen LogP contribution in [0.3, 0.4) is 0 Å². The van der Waals surface area contributed by atoms with Gasteiger partial charge < -0.3 is 10.8 Å². The Morgan fingerprint density at radius 1 is 1.23 bits per heavy atom. The van der Waals surface area contributed by atoms with Gasteiger partial charge in [0.15, 0.2) is 0 Å². The fourth-order valence-electron chi connectivity index (χ4n) is 2.78. The third-order valence-electron chi connectivity index (χ3n) is 3.52. The van der Waals surface area contributed by atoms with Crippen LogP contribution in [-0.4, -0.2) is 17.1 Å². The summed E-state index contributed by atoms with van der Waals surface area (Å²) in [5, 5.41) is 8.85. The summed E-state index contributed by atoms with van der Waals surface area (Å²) in [6.45, 7) is 0. The van der Waals surface area contributed by atoms with Gasteiger partial charge in [-0.1, -0.05) is 0 Å². The van der Waals surface area contributed by atoms with Crippen molar-refractivity contribution in [1.82, 2.24) is 0 Å². The average Bonchev–Trinajstić information content (AvgIpc) is 2.30. The highest BCUT2D eigenvalue weighted by molar-refractivity contribution is 5.85. The van der Waals surface area contributed by atoms with Gasteiger partial charge >= 0.3 is 5.97 Å². The molecule has 0 heterocycles. The van der Waals surface area contributed by atoms with Gasteiger partial charge in [0.05, 0.1) is 5.92 Å². The lowest BCUT2D eigenvalue weighted by Crippen LogP contribution is -2.39. The van der Waals surface area contributed by atoms with Crippen LogP contribution in [0.15, 0.2) is 0 Å². The third-order valence-corrected chi connectivity index (χ3v) is 3.52. The molecule has 4 heteroatoms. The number of hydrogen-bond donors (Lipinski definition) is 2. The van der Waals surface area contributed by atoms with E-state index in [9.17, 15) is 4.79 Å². The molecule has 2 aliphatic carbocycles. The predicted molar refractivity (Wildman–Crippen MR) is 51.8 cm³/mol. The monoisotopic (exact) mass is 205 g/mol. The Morgan fingerprint density at radius 3 is 2.08 bits per heavy atom. The van der Waals surface area contributed by atoms with Crippen molar-refractivity contribution in [3.63, 3.8) is 0 Å². The molecule has 2 bridgehead atoms. The van der Waals surface area contributed by atoms with E-state index in [0.29, 0.717) is 17.9 Å². The van der Waals surface area contributed by atoms with Crippen LogP contribution in [0.1, 0.15) is 25.7 Å². The zero-order valence-corrected chi connectivity index (χ0v) is 8.30. The Labute approximate surface area is 84.1 Å². The predicted octanol–water partition coefficient (Wildman–Crippen LogP) is 1.26. The van der Waals surface area contributed by atoms with Crippen LogP contribution in [0, 0.1) is 17.8 Å². The highest BCUT2D eigenvalue weighted by Crippen LogP contribution is 2.43. The van der Waals surface area contributed by atoms with Crippen LogP contribution in [0.5, 0.6) is 0 Å². The smallest absolute Gasteiger partial charge is 0.306 e. The summed E-state index contributed by atoms with van der Waals surface area (Å²) in [5.41, 5.74) is 5.95. The summed E-state index contributed by atoms with van der Waals surface area (Å²) in [6, 6.07) is 0.292. The summed E-state index contributed by atoms with van der Waals surface area (Å²) in [6.07, 6.45) is 3.92. The number of rotatable bonds is 1.